The van der Waals surface area contributed by atoms with Gasteiger partial charge in [-0.2, -0.15) is 5.10 Å². The normalized spacial score (nSPS) is 12.9. The van der Waals surface area contributed by atoms with Gasteiger partial charge < -0.3 is 10.2 Å². The van der Waals surface area contributed by atoms with Crippen molar-refractivity contribution in [1.82, 2.24) is 9.78 Å². The second-order valence-corrected chi connectivity index (χ2v) is 4.57. The number of aromatic nitrogens is 2. The molecule has 0 aliphatic rings. The predicted molar refractivity (Wildman–Crippen MR) is 71.4 cm³/mol. The number of nitrogens with zero attached hydrogens (tertiary/aromatic N) is 2. The van der Waals surface area contributed by atoms with Crippen molar-refractivity contribution in [2.45, 2.75) is 46.2 Å². The third-order valence-electron chi connectivity index (χ3n) is 3.24. The van der Waals surface area contributed by atoms with Gasteiger partial charge in [0.25, 0.3) is 0 Å². The highest BCUT2D eigenvalue weighted by Gasteiger charge is 2.16. The largest absolute Gasteiger partial charge is 0.467 e. The lowest BCUT2D eigenvalue weighted by Crippen LogP contribution is -2.16. The van der Waals surface area contributed by atoms with Gasteiger partial charge >= 0.3 is 0 Å². The Kier molecular flexibility index (Phi) is 3.87. The van der Waals surface area contributed by atoms with Crippen LogP contribution in [0.3, 0.4) is 0 Å². The van der Waals surface area contributed by atoms with Gasteiger partial charge in [0.15, 0.2) is 0 Å². The van der Waals surface area contributed by atoms with Crippen LogP contribution in [0.1, 0.15) is 42.6 Å². The topological polar surface area (TPSA) is 57.0 Å². The van der Waals surface area contributed by atoms with E-state index in [1.54, 1.807) is 6.26 Å². The molecule has 1 atom stereocenters. The van der Waals surface area contributed by atoms with Gasteiger partial charge in [-0.25, -0.2) is 0 Å². The molecule has 2 N–H and O–H groups in total. The van der Waals surface area contributed by atoms with E-state index in [0.29, 0.717) is 0 Å². The summed E-state index contributed by atoms with van der Waals surface area (Å²) in [5.41, 5.74) is 9.62. The van der Waals surface area contributed by atoms with Crippen molar-refractivity contribution in [2.75, 3.05) is 0 Å². The number of aryl methyl sites for hydroxylation is 3. The molecule has 0 saturated heterocycles. The second-order valence-electron chi connectivity index (χ2n) is 4.57. The molecule has 2 aromatic rings. The molecular weight excluding hydrogens is 226 g/mol. The number of furan rings is 1. The first-order valence-corrected chi connectivity index (χ1v) is 6.50. The van der Waals surface area contributed by atoms with E-state index in [1.807, 2.05) is 17.7 Å². The third-order valence-corrected chi connectivity index (χ3v) is 3.24. The molecule has 0 aromatic carbocycles. The predicted octanol–water partition coefficient (Wildman–Crippen LogP) is 2.61. The highest BCUT2D eigenvalue weighted by atomic mass is 16.3. The smallest absolute Gasteiger partial charge is 0.123 e. The molecule has 0 amide bonds. The molecule has 0 saturated carbocycles. The van der Waals surface area contributed by atoms with Crippen LogP contribution in [0.4, 0.5) is 0 Å². The zero-order valence-corrected chi connectivity index (χ0v) is 11.3. The fourth-order valence-corrected chi connectivity index (χ4v) is 2.21. The zero-order valence-electron chi connectivity index (χ0n) is 11.3. The van der Waals surface area contributed by atoms with Gasteiger partial charge in [0.1, 0.15) is 5.76 Å². The van der Waals surface area contributed by atoms with Crippen molar-refractivity contribution in [1.29, 1.82) is 0 Å². The summed E-state index contributed by atoms with van der Waals surface area (Å²) >= 11 is 0. The average Bonchev–Trinajstić information content (AvgIpc) is 2.95. The van der Waals surface area contributed by atoms with E-state index >= 15 is 0 Å². The SMILES string of the molecule is CCc1cc(CC(N)c2occc2C)n(CC)n1. The highest BCUT2D eigenvalue weighted by Crippen LogP contribution is 2.21. The molecule has 0 radical (unpaired) electrons. The monoisotopic (exact) mass is 247 g/mol. The second kappa shape index (κ2) is 5.40. The Morgan fingerprint density at radius 2 is 2.22 bits per heavy atom. The highest BCUT2D eigenvalue weighted by molar-refractivity contribution is 5.21. The Bertz CT molecular complexity index is 513. The van der Waals surface area contributed by atoms with Crippen molar-refractivity contribution in [3.8, 4) is 0 Å². The van der Waals surface area contributed by atoms with Gasteiger partial charge in [0, 0.05) is 18.7 Å². The summed E-state index contributed by atoms with van der Waals surface area (Å²) in [5.74, 6) is 0.872. The molecule has 2 aromatic heterocycles. The third kappa shape index (κ3) is 2.48. The lowest BCUT2D eigenvalue weighted by Gasteiger charge is -2.11. The quantitative estimate of drug-likeness (QED) is 0.883. The molecule has 2 rings (SSSR count). The van der Waals surface area contributed by atoms with Crippen LogP contribution in [-0.4, -0.2) is 9.78 Å². The van der Waals surface area contributed by atoms with E-state index in [9.17, 15) is 0 Å². The number of hydrogen-bond donors (Lipinski definition) is 1. The molecule has 1 unspecified atom stereocenters. The Morgan fingerprint density at radius 1 is 1.44 bits per heavy atom. The molecular formula is C14H21N3O. The van der Waals surface area contributed by atoms with Crippen LogP contribution in [0.15, 0.2) is 22.8 Å². The van der Waals surface area contributed by atoms with Gasteiger partial charge in [0.05, 0.1) is 18.0 Å². The molecule has 0 aliphatic carbocycles. The van der Waals surface area contributed by atoms with E-state index in [-0.39, 0.29) is 6.04 Å². The van der Waals surface area contributed by atoms with Crippen LogP contribution in [0.2, 0.25) is 0 Å². The van der Waals surface area contributed by atoms with Crippen LogP contribution < -0.4 is 5.73 Å². The summed E-state index contributed by atoms with van der Waals surface area (Å²) in [4.78, 5) is 0. The van der Waals surface area contributed by atoms with Crippen molar-refractivity contribution in [3.05, 3.63) is 41.1 Å². The van der Waals surface area contributed by atoms with Gasteiger partial charge in [0.2, 0.25) is 0 Å². The summed E-state index contributed by atoms with van der Waals surface area (Å²) in [6, 6.07) is 3.98. The fourth-order valence-electron chi connectivity index (χ4n) is 2.21. The molecule has 98 valence electrons. The molecule has 0 aliphatic heterocycles. The Labute approximate surface area is 108 Å². The van der Waals surface area contributed by atoms with Crippen LogP contribution in [-0.2, 0) is 19.4 Å². The van der Waals surface area contributed by atoms with Crippen molar-refractivity contribution >= 4 is 0 Å². The maximum atomic E-state index is 6.21. The van der Waals surface area contributed by atoms with Crippen LogP contribution in [0.5, 0.6) is 0 Å². The molecule has 0 spiro atoms. The summed E-state index contributed by atoms with van der Waals surface area (Å²) in [6.45, 7) is 7.11. The van der Waals surface area contributed by atoms with E-state index < -0.39 is 0 Å². The molecule has 2 heterocycles. The summed E-state index contributed by atoms with van der Waals surface area (Å²) in [7, 11) is 0. The standard InChI is InChI=1S/C14H21N3O/c1-4-11-8-12(17(5-2)16-11)9-13(15)14-10(3)6-7-18-14/h6-8,13H,4-5,9,15H2,1-3H3. The summed E-state index contributed by atoms with van der Waals surface area (Å²) < 4.78 is 7.48. The van der Waals surface area contributed by atoms with E-state index in [2.05, 4.69) is 25.0 Å². The number of hydrogen-bond acceptors (Lipinski definition) is 3. The zero-order chi connectivity index (χ0) is 13.1. The molecule has 4 heteroatoms. The lowest BCUT2D eigenvalue weighted by atomic mass is 10.1. The number of rotatable bonds is 5. The minimum absolute atomic E-state index is 0.105. The van der Waals surface area contributed by atoms with Crippen LogP contribution in [0.25, 0.3) is 0 Å². The van der Waals surface area contributed by atoms with Gasteiger partial charge in [-0.05, 0) is 38.0 Å². The van der Waals surface area contributed by atoms with Gasteiger partial charge in [-0.15, -0.1) is 0 Å². The Balaban J connectivity index is 2.18. The Hall–Kier alpha value is -1.55. The summed E-state index contributed by atoms with van der Waals surface area (Å²) in [5, 5.41) is 4.53. The first-order valence-electron chi connectivity index (χ1n) is 6.50. The van der Waals surface area contributed by atoms with E-state index in [4.69, 9.17) is 10.2 Å². The average molecular weight is 247 g/mol. The van der Waals surface area contributed by atoms with Crippen LogP contribution in [0, 0.1) is 6.92 Å². The minimum atomic E-state index is -0.105. The lowest BCUT2D eigenvalue weighted by molar-refractivity contribution is 0.453. The van der Waals surface area contributed by atoms with Crippen molar-refractivity contribution in [3.63, 3.8) is 0 Å². The molecule has 18 heavy (non-hydrogen) atoms. The maximum Gasteiger partial charge on any atom is 0.123 e. The molecule has 0 fully saturated rings. The summed E-state index contributed by atoms with van der Waals surface area (Å²) in [6.07, 6.45) is 3.41. The molecule has 0 bridgehead atoms. The van der Waals surface area contributed by atoms with E-state index in [1.165, 1.54) is 5.69 Å². The van der Waals surface area contributed by atoms with Crippen LogP contribution >= 0.6 is 0 Å². The van der Waals surface area contributed by atoms with E-state index in [0.717, 1.165) is 36.4 Å². The first kappa shape index (κ1) is 12.9. The number of nitrogens with two attached hydrogens (primary N) is 1. The first-order chi connectivity index (χ1) is 8.65. The molecule has 4 nitrogen and oxygen atoms in total. The van der Waals surface area contributed by atoms with Crippen molar-refractivity contribution in [2.24, 2.45) is 5.73 Å². The van der Waals surface area contributed by atoms with Gasteiger partial charge in [-0.1, -0.05) is 6.92 Å². The van der Waals surface area contributed by atoms with Crippen molar-refractivity contribution < 1.29 is 4.42 Å². The maximum absolute atomic E-state index is 6.21. The minimum Gasteiger partial charge on any atom is -0.467 e. The van der Waals surface area contributed by atoms with Gasteiger partial charge in [-0.3, -0.25) is 4.68 Å². The Morgan fingerprint density at radius 3 is 2.78 bits per heavy atom. The fraction of sp³-hybridized carbons (Fsp3) is 0.500.